The number of hydrogen-bond donors (Lipinski definition) is 0. The van der Waals surface area contributed by atoms with E-state index in [-0.39, 0.29) is 0 Å². The van der Waals surface area contributed by atoms with Gasteiger partial charge >= 0.3 is 0 Å². The molecule has 2 rings (SSSR count). The van der Waals surface area contributed by atoms with E-state index in [0.29, 0.717) is 5.41 Å². The lowest BCUT2D eigenvalue weighted by molar-refractivity contribution is 0.301. The van der Waals surface area contributed by atoms with Crippen LogP contribution in [0.15, 0.2) is 10.7 Å². The van der Waals surface area contributed by atoms with Gasteiger partial charge in [0, 0.05) is 19.2 Å². The topological polar surface area (TPSA) is 29.0 Å². The number of anilines is 1. The lowest BCUT2D eigenvalue weighted by Crippen LogP contribution is -2.26. The second-order valence-electron chi connectivity index (χ2n) is 4.97. The minimum Gasteiger partial charge on any atom is -0.356 e. The van der Waals surface area contributed by atoms with Crippen LogP contribution in [0.25, 0.3) is 0 Å². The second kappa shape index (κ2) is 4.92. The van der Waals surface area contributed by atoms with Gasteiger partial charge in [-0.2, -0.15) is 0 Å². The van der Waals surface area contributed by atoms with Gasteiger partial charge in [0.15, 0.2) is 0 Å². The Kier molecular flexibility index (Phi) is 3.71. The first kappa shape index (κ1) is 12.8. The SMILES string of the molecule is CCC1(CC)CCN(c2cc(Br)nc(C)n2)C1. The molecule has 0 atom stereocenters. The molecule has 1 fully saturated rings. The summed E-state index contributed by atoms with van der Waals surface area (Å²) >= 11 is 3.44. The zero-order valence-corrected chi connectivity index (χ0v) is 12.4. The third-order valence-electron chi connectivity index (χ3n) is 4.06. The number of nitrogens with zero attached hydrogens (tertiary/aromatic N) is 3. The summed E-state index contributed by atoms with van der Waals surface area (Å²) in [5, 5.41) is 0. The summed E-state index contributed by atoms with van der Waals surface area (Å²) in [5.41, 5.74) is 0.491. The Labute approximate surface area is 112 Å². The van der Waals surface area contributed by atoms with Crippen LogP contribution in [0, 0.1) is 12.3 Å². The van der Waals surface area contributed by atoms with Crippen LogP contribution in [0.2, 0.25) is 0 Å². The average Bonchev–Trinajstić information content (AvgIpc) is 2.73. The molecule has 1 aliphatic heterocycles. The number of aryl methyl sites for hydroxylation is 1. The van der Waals surface area contributed by atoms with Crippen LogP contribution >= 0.6 is 15.9 Å². The highest BCUT2D eigenvalue weighted by Crippen LogP contribution is 2.38. The van der Waals surface area contributed by atoms with E-state index in [0.717, 1.165) is 29.3 Å². The fourth-order valence-electron chi connectivity index (χ4n) is 2.64. The van der Waals surface area contributed by atoms with Gasteiger partial charge in [-0.1, -0.05) is 13.8 Å². The highest BCUT2D eigenvalue weighted by molar-refractivity contribution is 9.10. The van der Waals surface area contributed by atoms with E-state index >= 15 is 0 Å². The zero-order valence-electron chi connectivity index (χ0n) is 10.8. The Morgan fingerprint density at radius 3 is 2.59 bits per heavy atom. The highest BCUT2D eigenvalue weighted by Gasteiger charge is 2.35. The van der Waals surface area contributed by atoms with Gasteiger partial charge in [-0.3, -0.25) is 0 Å². The molecule has 0 unspecified atom stereocenters. The van der Waals surface area contributed by atoms with E-state index < -0.39 is 0 Å². The van der Waals surface area contributed by atoms with Gasteiger partial charge < -0.3 is 4.90 Å². The minimum atomic E-state index is 0.491. The molecule has 0 bridgehead atoms. The van der Waals surface area contributed by atoms with Crippen LogP contribution in [0.1, 0.15) is 38.9 Å². The van der Waals surface area contributed by atoms with Crippen molar-refractivity contribution in [2.75, 3.05) is 18.0 Å². The summed E-state index contributed by atoms with van der Waals surface area (Å²) in [4.78, 5) is 11.2. The van der Waals surface area contributed by atoms with Gasteiger partial charge in [0.25, 0.3) is 0 Å². The molecule has 94 valence electrons. The molecular formula is C13H20BrN3. The van der Waals surface area contributed by atoms with Gasteiger partial charge in [0.1, 0.15) is 16.2 Å². The summed E-state index contributed by atoms with van der Waals surface area (Å²) in [6.45, 7) is 8.78. The predicted molar refractivity (Wildman–Crippen MR) is 74.3 cm³/mol. The number of hydrogen-bond acceptors (Lipinski definition) is 3. The Bertz CT molecular complexity index is 381. The number of halogens is 1. The van der Waals surface area contributed by atoms with E-state index in [1.807, 2.05) is 13.0 Å². The molecule has 2 heterocycles. The van der Waals surface area contributed by atoms with Crippen LogP contribution in [-0.2, 0) is 0 Å². The van der Waals surface area contributed by atoms with Gasteiger partial charge in [-0.05, 0) is 47.5 Å². The molecule has 0 radical (unpaired) electrons. The van der Waals surface area contributed by atoms with Crippen molar-refractivity contribution < 1.29 is 0 Å². The number of rotatable bonds is 3. The van der Waals surface area contributed by atoms with E-state index in [1.165, 1.54) is 19.3 Å². The van der Waals surface area contributed by atoms with Gasteiger partial charge in [0.05, 0.1) is 0 Å². The molecule has 0 spiro atoms. The maximum absolute atomic E-state index is 4.53. The normalized spacial score (nSPS) is 18.7. The molecule has 0 aliphatic carbocycles. The van der Waals surface area contributed by atoms with Gasteiger partial charge in [-0.15, -0.1) is 0 Å². The van der Waals surface area contributed by atoms with Gasteiger partial charge in [-0.25, -0.2) is 9.97 Å². The van der Waals surface area contributed by atoms with E-state index in [2.05, 4.69) is 44.6 Å². The van der Waals surface area contributed by atoms with Crippen molar-refractivity contribution in [3.63, 3.8) is 0 Å². The molecule has 0 saturated carbocycles. The summed E-state index contributed by atoms with van der Waals surface area (Å²) in [6.07, 6.45) is 3.79. The lowest BCUT2D eigenvalue weighted by Gasteiger charge is -2.26. The van der Waals surface area contributed by atoms with Crippen molar-refractivity contribution in [2.24, 2.45) is 5.41 Å². The van der Waals surface area contributed by atoms with Crippen molar-refractivity contribution >= 4 is 21.7 Å². The van der Waals surface area contributed by atoms with Crippen molar-refractivity contribution in [3.05, 3.63) is 16.5 Å². The quantitative estimate of drug-likeness (QED) is 0.799. The first-order chi connectivity index (χ1) is 8.08. The van der Waals surface area contributed by atoms with Crippen LogP contribution in [0.4, 0.5) is 5.82 Å². The maximum Gasteiger partial charge on any atom is 0.133 e. The Morgan fingerprint density at radius 2 is 2.06 bits per heavy atom. The Hall–Kier alpha value is -0.640. The van der Waals surface area contributed by atoms with Crippen molar-refractivity contribution in [2.45, 2.75) is 40.0 Å². The highest BCUT2D eigenvalue weighted by atomic mass is 79.9. The third kappa shape index (κ3) is 2.62. The minimum absolute atomic E-state index is 0.491. The Balaban J connectivity index is 2.20. The van der Waals surface area contributed by atoms with E-state index in [1.54, 1.807) is 0 Å². The zero-order chi connectivity index (χ0) is 12.5. The van der Waals surface area contributed by atoms with Crippen molar-refractivity contribution in [1.82, 2.24) is 9.97 Å². The fourth-order valence-corrected chi connectivity index (χ4v) is 3.10. The monoisotopic (exact) mass is 297 g/mol. The van der Waals surface area contributed by atoms with Crippen LogP contribution in [0.3, 0.4) is 0 Å². The molecule has 3 nitrogen and oxygen atoms in total. The van der Waals surface area contributed by atoms with E-state index in [9.17, 15) is 0 Å². The summed E-state index contributed by atoms with van der Waals surface area (Å²) < 4.78 is 0.880. The molecule has 0 aromatic carbocycles. The molecule has 17 heavy (non-hydrogen) atoms. The van der Waals surface area contributed by atoms with Gasteiger partial charge in [0.2, 0.25) is 0 Å². The maximum atomic E-state index is 4.53. The van der Waals surface area contributed by atoms with Crippen LogP contribution in [0.5, 0.6) is 0 Å². The van der Waals surface area contributed by atoms with E-state index in [4.69, 9.17) is 0 Å². The van der Waals surface area contributed by atoms with Crippen molar-refractivity contribution in [3.8, 4) is 0 Å². The molecular weight excluding hydrogens is 278 g/mol. The molecule has 1 aliphatic rings. The Morgan fingerprint density at radius 1 is 1.35 bits per heavy atom. The molecule has 1 aromatic rings. The third-order valence-corrected chi connectivity index (χ3v) is 4.46. The fraction of sp³-hybridized carbons (Fsp3) is 0.692. The molecule has 0 N–H and O–H groups in total. The predicted octanol–water partition coefficient (Wildman–Crippen LogP) is 3.56. The second-order valence-corrected chi connectivity index (χ2v) is 5.79. The first-order valence-electron chi connectivity index (χ1n) is 6.35. The van der Waals surface area contributed by atoms with Crippen LogP contribution < -0.4 is 4.90 Å². The molecule has 4 heteroatoms. The van der Waals surface area contributed by atoms with Crippen LogP contribution in [-0.4, -0.2) is 23.1 Å². The number of aromatic nitrogens is 2. The first-order valence-corrected chi connectivity index (χ1v) is 7.14. The summed E-state index contributed by atoms with van der Waals surface area (Å²) in [5.74, 6) is 1.90. The lowest BCUT2D eigenvalue weighted by atomic mass is 9.82. The summed E-state index contributed by atoms with van der Waals surface area (Å²) in [6, 6.07) is 2.02. The smallest absolute Gasteiger partial charge is 0.133 e. The standard InChI is InChI=1S/C13H20BrN3/c1-4-13(5-2)6-7-17(9-13)12-8-11(14)15-10(3)16-12/h8H,4-7,9H2,1-3H3. The van der Waals surface area contributed by atoms with Crippen molar-refractivity contribution in [1.29, 1.82) is 0 Å². The summed E-state index contributed by atoms with van der Waals surface area (Å²) in [7, 11) is 0. The largest absolute Gasteiger partial charge is 0.356 e. The average molecular weight is 298 g/mol. The molecule has 1 aromatic heterocycles. The molecule has 1 saturated heterocycles. The molecule has 0 amide bonds.